The van der Waals surface area contributed by atoms with Crippen molar-refractivity contribution in [3.8, 4) is 5.75 Å². The number of nitrogen functional groups attached to an aromatic ring is 1. The molecule has 1 amide bonds. The van der Waals surface area contributed by atoms with E-state index in [4.69, 9.17) is 16.2 Å². The highest BCUT2D eigenvalue weighted by molar-refractivity contribution is 5.80. The Morgan fingerprint density at radius 1 is 1.53 bits per heavy atom. The van der Waals surface area contributed by atoms with Gasteiger partial charge in [-0.1, -0.05) is 0 Å². The van der Waals surface area contributed by atoms with Crippen LogP contribution in [0.5, 0.6) is 5.75 Å². The molecule has 0 atom stereocenters. The number of carbonyl (C=O) groups is 1. The number of carbonyl (C=O) groups excluding carboxylic acids is 1. The molecule has 19 heavy (non-hydrogen) atoms. The van der Waals surface area contributed by atoms with Crippen molar-refractivity contribution in [3.05, 3.63) is 17.9 Å². The lowest BCUT2D eigenvalue weighted by Crippen LogP contribution is -2.17. The number of nitrogens with zero attached hydrogens (tertiary/aromatic N) is 2. The second-order valence-corrected chi connectivity index (χ2v) is 3.76. The van der Waals surface area contributed by atoms with Gasteiger partial charge in [0.15, 0.2) is 11.6 Å². The van der Waals surface area contributed by atoms with Crippen LogP contribution in [-0.4, -0.2) is 29.4 Å². The van der Waals surface area contributed by atoms with E-state index in [0.717, 1.165) is 0 Å². The average molecular weight is 268 g/mol. The minimum absolute atomic E-state index is 0.0463. The smallest absolute Gasteiger partial charge is 0.404 e. The van der Waals surface area contributed by atoms with Gasteiger partial charge in [-0.25, -0.2) is 14.2 Å². The third-order valence-corrected chi connectivity index (χ3v) is 2.61. The Morgan fingerprint density at radius 2 is 2.26 bits per heavy atom. The number of halogens is 1. The Hall–Kier alpha value is -2.51. The number of methoxy groups -OCH3 is 1. The van der Waals surface area contributed by atoms with E-state index >= 15 is 0 Å². The maximum Gasteiger partial charge on any atom is 0.404 e. The van der Waals surface area contributed by atoms with Crippen LogP contribution in [0.3, 0.4) is 0 Å². The first kappa shape index (κ1) is 12.9. The van der Waals surface area contributed by atoms with Crippen LogP contribution in [0.2, 0.25) is 0 Å². The van der Waals surface area contributed by atoms with Gasteiger partial charge in [0.05, 0.1) is 24.7 Å². The summed E-state index contributed by atoms with van der Waals surface area (Å²) in [7, 11) is 1.37. The predicted molar refractivity (Wildman–Crippen MR) is 66.2 cm³/mol. The van der Waals surface area contributed by atoms with E-state index in [1.165, 1.54) is 19.2 Å². The fourth-order valence-electron chi connectivity index (χ4n) is 1.77. The van der Waals surface area contributed by atoms with Crippen molar-refractivity contribution < 1.29 is 18.7 Å². The highest BCUT2D eigenvalue weighted by atomic mass is 19.1. The van der Waals surface area contributed by atoms with Gasteiger partial charge in [-0.15, -0.1) is 0 Å². The van der Waals surface area contributed by atoms with Gasteiger partial charge in [0.25, 0.3) is 0 Å². The molecular weight excluding hydrogens is 255 g/mol. The molecule has 0 spiro atoms. The molecule has 4 N–H and O–H groups in total. The van der Waals surface area contributed by atoms with E-state index in [0.29, 0.717) is 11.0 Å². The van der Waals surface area contributed by atoms with E-state index in [1.807, 2.05) is 0 Å². The van der Waals surface area contributed by atoms with Gasteiger partial charge in [-0.3, -0.25) is 0 Å². The summed E-state index contributed by atoms with van der Waals surface area (Å²) in [5, 5.41) is 0. The lowest BCUT2D eigenvalue weighted by molar-refractivity contribution is 0.153. The zero-order chi connectivity index (χ0) is 14.0. The van der Waals surface area contributed by atoms with Crippen LogP contribution in [0, 0.1) is 5.82 Å². The molecule has 0 unspecified atom stereocenters. The van der Waals surface area contributed by atoms with E-state index in [9.17, 15) is 9.18 Å². The summed E-state index contributed by atoms with van der Waals surface area (Å²) in [6.07, 6.45) is -0.869. The van der Waals surface area contributed by atoms with Crippen LogP contribution in [0.4, 0.5) is 15.1 Å². The molecule has 102 valence electrons. The minimum Gasteiger partial charge on any atom is -0.494 e. The number of ether oxygens (including phenoxy) is 2. The number of hydrogen-bond acceptors (Lipinski definition) is 5. The molecule has 1 aromatic heterocycles. The average Bonchev–Trinajstić information content (AvgIpc) is 2.63. The lowest BCUT2D eigenvalue weighted by atomic mass is 10.3. The number of benzene rings is 1. The maximum absolute atomic E-state index is 13.5. The Bertz CT molecular complexity index is 626. The summed E-state index contributed by atoms with van der Waals surface area (Å²) in [6.45, 7) is 0.310. The number of nitrogens with two attached hydrogens (primary N) is 2. The monoisotopic (exact) mass is 268 g/mol. The van der Waals surface area contributed by atoms with Gasteiger partial charge in [0.1, 0.15) is 6.61 Å². The molecule has 2 rings (SSSR count). The first-order valence-electron chi connectivity index (χ1n) is 5.44. The molecule has 1 aromatic carbocycles. The summed E-state index contributed by atoms with van der Waals surface area (Å²) < 4.78 is 24.6. The summed E-state index contributed by atoms with van der Waals surface area (Å²) >= 11 is 0. The zero-order valence-electron chi connectivity index (χ0n) is 10.2. The summed E-state index contributed by atoms with van der Waals surface area (Å²) in [6, 6.07) is 2.72. The number of imidazole rings is 1. The molecule has 0 saturated carbocycles. The summed E-state index contributed by atoms with van der Waals surface area (Å²) in [5.74, 6) is -0.242. The normalized spacial score (nSPS) is 10.6. The molecule has 0 aliphatic rings. The van der Waals surface area contributed by atoms with Crippen LogP contribution in [-0.2, 0) is 11.3 Å². The number of primary amides is 1. The highest BCUT2D eigenvalue weighted by Crippen LogP contribution is 2.26. The van der Waals surface area contributed by atoms with Gasteiger partial charge in [0.2, 0.25) is 5.95 Å². The Morgan fingerprint density at radius 3 is 2.89 bits per heavy atom. The van der Waals surface area contributed by atoms with Gasteiger partial charge in [0, 0.05) is 12.1 Å². The molecule has 7 nitrogen and oxygen atoms in total. The first-order chi connectivity index (χ1) is 9.02. The number of fused-ring (bicyclic) bond motifs is 1. The van der Waals surface area contributed by atoms with Gasteiger partial charge < -0.3 is 25.5 Å². The van der Waals surface area contributed by atoms with Gasteiger partial charge in [-0.05, 0) is 0 Å². The van der Waals surface area contributed by atoms with Crippen LogP contribution in [0.25, 0.3) is 11.0 Å². The maximum atomic E-state index is 13.5. The molecular formula is C11H13FN4O3. The number of amides is 1. The predicted octanol–water partition coefficient (Wildman–Crippen LogP) is 0.862. The fourth-order valence-corrected chi connectivity index (χ4v) is 1.77. The number of anilines is 1. The molecule has 0 bridgehead atoms. The molecule has 0 aliphatic carbocycles. The Labute approximate surface area is 107 Å². The van der Waals surface area contributed by atoms with E-state index in [2.05, 4.69) is 9.72 Å². The fraction of sp³-hybridized carbons (Fsp3) is 0.273. The van der Waals surface area contributed by atoms with Crippen molar-refractivity contribution in [1.82, 2.24) is 9.55 Å². The van der Waals surface area contributed by atoms with Gasteiger partial charge in [-0.2, -0.15) is 0 Å². The number of hydrogen-bond donors (Lipinski definition) is 2. The number of rotatable bonds is 4. The molecule has 8 heteroatoms. The molecule has 1 heterocycles. The van der Waals surface area contributed by atoms with Crippen molar-refractivity contribution in [2.45, 2.75) is 6.54 Å². The van der Waals surface area contributed by atoms with Gasteiger partial charge >= 0.3 is 6.09 Å². The topological polar surface area (TPSA) is 105 Å². The summed E-state index contributed by atoms with van der Waals surface area (Å²) in [4.78, 5) is 14.5. The molecule has 2 aromatic rings. The molecule has 0 fully saturated rings. The largest absolute Gasteiger partial charge is 0.494 e. The second kappa shape index (κ2) is 5.01. The van der Waals surface area contributed by atoms with Crippen LogP contribution in [0.1, 0.15) is 0 Å². The second-order valence-electron chi connectivity index (χ2n) is 3.76. The molecule has 0 saturated heterocycles. The van der Waals surface area contributed by atoms with Crippen molar-refractivity contribution in [2.24, 2.45) is 5.73 Å². The van der Waals surface area contributed by atoms with Crippen LogP contribution < -0.4 is 16.2 Å². The Kier molecular flexibility index (Phi) is 3.41. The first-order valence-corrected chi connectivity index (χ1v) is 5.44. The third-order valence-electron chi connectivity index (χ3n) is 2.61. The quantitative estimate of drug-likeness (QED) is 0.855. The van der Waals surface area contributed by atoms with Crippen molar-refractivity contribution >= 4 is 23.1 Å². The highest BCUT2D eigenvalue weighted by Gasteiger charge is 2.13. The zero-order valence-corrected chi connectivity index (χ0v) is 10.2. The van der Waals surface area contributed by atoms with Crippen molar-refractivity contribution in [2.75, 3.05) is 19.5 Å². The lowest BCUT2D eigenvalue weighted by Gasteiger charge is -2.07. The van der Waals surface area contributed by atoms with E-state index in [1.54, 1.807) is 4.57 Å². The minimum atomic E-state index is -0.869. The van der Waals surface area contributed by atoms with Crippen molar-refractivity contribution in [1.29, 1.82) is 0 Å². The SMILES string of the molecule is COc1cc2c(cc1F)nc(N)n2CCOC(N)=O. The molecule has 0 aliphatic heterocycles. The van der Waals surface area contributed by atoms with E-state index in [-0.39, 0.29) is 24.8 Å². The number of aromatic nitrogens is 2. The van der Waals surface area contributed by atoms with E-state index < -0.39 is 11.9 Å². The van der Waals surface area contributed by atoms with Crippen LogP contribution >= 0.6 is 0 Å². The third kappa shape index (κ3) is 2.51. The summed E-state index contributed by atoms with van der Waals surface area (Å²) in [5.41, 5.74) is 11.6. The standard InChI is InChI=1S/C11H13FN4O3/c1-18-9-5-8-7(4-6(9)12)15-10(13)16(8)2-3-19-11(14)17/h4-5H,2-3H2,1H3,(H2,13,15)(H2,14,17). The van der Waals surface area contributed by atoms with Crippen molar-refractivity contribution in [3.63, 3.8) is 0 Å². The Balaban J connectivity index is 2.36. The van der Waals surface area contributed by atoms with Crippen LogP contribution in [0.15, 0.2) is 12.1 Å². The molecule has 0 radical (unpaired) electrons.